The van der Waals surface area contributed by atoms with Crippen LogP contribution in [0.15, 0.2) is 47.4 Å². The zero-order valence-electron chi connectivity index (χ0n) is 17.0. The summed E-state index contributed by atoms with van der Waals surface area (Å²) in [4.78, 5) is 24.0. The van der Waals surface area contributed by atoms with Crippen molar-refractivity contribution in [2.24, 2.45) is 0 Å². The highest BCUT2D eigenvalue weighted by Gasteiger charge is 2.52. The van der Waals surface area contributed by atoms with Crippen molar-refractivity contribution in [3.8, 4) is 0 Å². The van der Waals surface area contributed by atoms with E-state index in [4.69, 9.17) is 0 Å². The Morgan fingerprint density at radius 1 is 1.03 bits per heavy atom. The summed E-state index contributed by atoms with van der Waals surface area (Å²) in [6.45, 7) is 3.11. The highest BCUT2D eigenvalue weighted by atomic mass is 32.2. The molecule has 2 aromatic carbocycles. The topological polar surface area (TPSA) is 104 Å². The van der Waals surface area contributed by atoms with E-state index in [2.05, 4.69) is 15.4 Å². The summed E-state index contributed by atoms with van der Waals surface area (Å²) in [7, 11) is -3.91. The van der Waals surface area contributed by atoms with E-state index in [9.17, 15) is 18.0 Å². The number of sulfonamides is 1. The summed E-state index contributed by atoms with van der Waals surface area (Å²) in [5.41, 5.74) is 1.81. The van der Waals surface area contributed by atoms with Crippen LogP contribution >= 0.6 is 0 Å². The molecule has 7 nitrogen and oxygen atoms in total. The van der Waals surface area contributed by atoms with E-state index in [1.165, 1.54) is 13.0 Å². The number of benzene rings is 2. The molecule has 0 spiro atoms. The van der Waals surface area contributed by atoms with E-state index in [0.717, 1.165) is 36.8 Å². The maximum Gasteiger partial charge on any atom is 0.263 e. The van der Waals surface area contributed by atoms with Crippen molar-refractivity contribution in [2.45, 2.75) is 55.9 Å². The van der Waals surface area contributed by atoms with E-state index in [0.29, 0.717) is 11.7 Å². The largest absolute Gasteiger partial charge is 0.353 e. The minimum atomic E-state index is -3.91. The summed E-state index contributed by atoms with van der Waals surface area (Å²) in [6.07, 6.45) is 3.70. The first kappa shape index (κ1) is 20.4. The van der Waals surface area contributed by atoms with E-state index < -0.39 is 15.4 Å². The molecule has 3 N–H and O–H groups in total. The Morgan fingerprint density at radius 3 is 2.27 bits per heavy atom. The van der Waals surface area contributed by atoms with Gasteiger partial charge < -0.3 is 10.6 Å². The van der Waals surface area contributed by atoms with Crippen LogP contribution < -0.4 is 15.4 Å². The van der Waals surface area contributed by atoms with Crippen LogP contribution in [0, 0.1) is 6.92 Å². The van der Waals surface area contributed by atoms with Crippen molar-refractivity contribution < 1.29 is 18.0 Å². The average molecular weight is 428 g/mol. The lowest BCUT2D eigenvalue weighted by molar-refractivity contribution is -0.123. The number of anilines is 2. The molecule has 0 unspecified atom stereocenters. The Kier molecular flexibility index (Phi) is 5.05. The maximum absolute atomic E-state index is 13.0. The van der Waals surface area contributed by atoms with Crippen molar-refractivity contribution in [2.75, 3.05) is 10.0 Å². The second-order valence-corrected chi connectivity index (χ2v) is 9.84. The number of hydrogen-bond donors (Lipinski definition) is 3. The van der Waals surface area contributed by atoms with Crippen LogP contribution in [0.25, 0.3) is 0 Å². The van der Waals surface area contributed by atoms with E-state index in [1.807, 2.05) is 12.1 Å². The van der Waals surface area contributed by atoms with Gasteiger partial charge in [-0.2, -0.15) is 0 Å². The molecule has 2 aromatic rings. The number of carbonyl (C=O) groups is 2. The Bertz CT molecular complexity index is 1100. The second kappa shape index (κ2) is 7.43. The highest BCUT2D eigenvalue weighted by molar-refractivity contribution is 7.92. The minimum Gasteiger partial charge on any atom is -0.353 e. The maximum atomic E-state index is 13.0. The Morgan fingerprint density at radius 2 is 1.70 bits per heavy atom. The van der Waals surface area contributed by atoms with Gasteiger partial charge in [-0.3, -0.25) is 14.3 Å². The van der Waals surface area contributed by atoms with Gasteiger partial charge in [-0.05, 0) is 68.0 Å². The van der Waals surface area contributed by atoms with Crippen LogP contribution in [0.3, 0.4) is 0 Å². The first-order valence-electron chi connectivity index (χ1n) is 10.0. The quantitative estimate of drug-likeness (QED) is 0.632. The fourth-order valence-electron chi connectivity index (χ4n) is 3.54. The van der Waals surface area contributed by atoms with Gasteiger partial charge in [0.05, 0.1) is 11.1 Å². The van der Waals surface area contributed by atoms with Crippen molar-refractivity contribution in [3.05, 3.63) is 53.6 Å². The molecule has 0 bridgehead atoms. The fourth-order valence-corrected chi connectivity index (χ4v) is 4.84. The van der Waals surface area contributed by atoms with Crippen LogP contribution in [0.5, 0.6) is 0 Å². The van der Waals surface area contributed by atoms with Gasteiger partial charge in [-0.15, -0.1) is 0 Å². The second-order valence-electron chi connectivity index (χ2n) is 8.19. The first-order valence-corrected chi connectivity index (χ1v) is 11.5. The third-order valence-corrected chi connectivity index (χ3v) is 6.95. The summed E-state index contributed by atoms with van der Waals surface area (Å²) in [6, 6.07) is 12.1. The molecule has 2 aliphatic rings. The van der Waals surface area contributed by atoms with Crippen LogP contribution in [0.2, 0.25) is 0 Å². The molecular weight excluding hydrogens is 402 g/mol. The standard InChI is InChI=1S/C22H25N3O4S/c1-14-3-10-19(23-15(2)26)20(13-14)30(28,29)25-18-6-4-16(5-7-18)22(11-12-22)21(27)24-17-8-9-17/h3-7,10,13,17,25H,8-9,11-12H2,1-2H3,(H,23,26)(H,24,27). The van der Waals surface area contributed by atoms with Crippen molar-refractivity contribution >= 4 is 33.2 Å². The van der Waals surface area contributed by atoms with Crippen LogP contribution in [0.1, 0.15) is 43.7 Å². The molecule has 30 heavy (non-hydrogen) atoms. The summed E-state index contributed by atoms with van der Waals surface area (Å²) in [5, 5.41) is 5.63. The predicted octanol–water partition coefficient (Wildman–Crippen LogP) is 3.06. The third-order valence-electron chi connectivity index (χ3n) is 5.52. The van der Waals surface area contributed by atoms with Gasteiger partial charge >= 0.3 is 0 Å². The van der Waals surface area contributed by atoms with Crippen molar-refractivity contribution in [1.82, 2.24) is 5.32 Å². The lowest BCUT2D eigenvalue weighted by atomic mass is 9.95. The SMILES string of the molecule is CC(=O)Nc1ccc(C)cc1S(=O)(=O)Nc1ccc(C2(C(=O)NC3CC3)CC2)cc1. The normalized spacial score (nSPS) is 17.1. The number of aryl methyl sites for hydroxylation is 1. The van der Waals surface area contributed by atoms with Gasteiger partial charge in [0.25, 0.3) is 10.0 Å². The molecule has 0 atom stereocenters. The third kappa shape index (κ3) is 4.18. The molecule has 158 valence electrons. The van der Waals surface area contributed by atoms with Crippen LogP contribution in [-0.2, 0) is 25.0 Å². The monoisotopic (exact) mass is 427 g/mol. The summed E-state index contributed by atoms with van der Waals surface area (Å²) >= 11 is 0. The molecule has 2 fully saturated rings. The smallest absolute Gasteiger partial charge is 0.263 e. The molecule has 0 radical (unpaired) electrons. The number of carbonyl (C=O) groups excluding carboxylic acids is 2. The molecule has 8 heteroatoms. The van der Waals surface area contributed by atoms with Crippen molar-refractivity contribution in [3.63, 3.8) is 0 Å². The van der Waals surface area contributed by atoms with Crippen LogP contribution in [0.4, 0.5) is 11.4 Å². The fraction of sp³-hybridized carbons (Fsp3) is 0.364. The van der Waals surface area contributed by atoms with E-state index in [1.54, 1.807) is 31.2 Å². The number of hydrogen-bond acceptors (Lipinski definition) is 4. The lowest BCUT2D eigenvalue weighted by Gasteiger charge is -2.17. The summed E-state index contributed by atoms with van der Waals surface area (Å²) in [5.74, 6) is -0.281. The average Bonchev–Trinajstić information content (AvgIpc) is 3.58. The zero-order chi connectivity index (χ0) is 21.5. The summed E-state index contributed by atoms with van der Waals surface area (Å²) < 4.78 is 28.5. The molecule has 2 saturated carbocycles. The molecule has 0 saturated heterocycles. The molecule has 2 amide bonds. The molecule has 4 rings (SSSR count). The van der Waals surface area contributed by atoms with Gasteiger partial charge in [0.1, 0.15) is 4.90 Å². The lowest BCUT2D eigenvalue weighted by Crippen LogP contribution is -2.36. The number of nitrogens with one attached hydrogen (secondary N) is 3. The molecule has 0 aliphatic heterocycles. The van der Waals surface area contributed by atoms with Gasteiger partial charge in [0, 0.05) is 18.7 Å². The number of rotatable bonds is 7. The number of amides is 2. The predicted molar refractivity (Wildman–Crippen MR) is 115 cm³/mol. The van der Waals surface area contributed by atoms with Gasteiger partial charge in [-0.25, -0.2) is 8.42 Å². The molecule has 0 aromatic heterocycles. The van der Waals surface area contributed by atoms with Gasteiger partial charge in [-0.1, -0.05) is 18.2 Å². The van der Waals surface area contributed by atoms with E-state index in [-0.39, 0.29) is 22.4 Å². The minimum absolute atomic E-state index is 0.00394. The molecule has 2 aliphatic carbocycles. The molecular formula is C22H25N3O4S. The van der Waals surface area contributed by atoms with Crippen LogP contribution in [-0.4, -0.2) is 26.3 Å². The van der Waals surface area contributed by atoms with Gasteiger partial charge in [0.15, 0.2) is 0 Å². The molecule has 0 heterocycles. The Labute approximate surface area is 176 Å². The Hall–Kier alpha value is -2.87. The Balaban J connectivity index is 1.54. The zero-order valence-corrected chi connectivity index (χ0v) is 17.8. The van der Waals surface area contributed by atoms with Gasteiger partial charge in [0.2, 0.25) is 11.8 Å². The van der Waals surface area contributed by atoms with Crippen molar-refractivity contribution in [1.29, 1.82) is 0 Å². The highest BCUT2D eigenvalue weighted by Crippen LogP contribution is 2.49. The first-order chi connectivity index (χ1) is 14.2. The van der Waals surface area contributed by atoms with E-state index >= 15 is 0 Å².